The number of aromatic nitrogens is 1. The van der Waals surface area contributed by atoms with Gasteiger partial charge in [0.05, 0.1) is 0 Å². The van der Waals surface area contributed by atoms with Gasteiger partial charge in [0.1, 0.15) is 5.82 Å². The lowest BCUT2D eigenvalue weighted by molar-refractivity contribution is 0.112. The van der Waals surface area contributed by atoms with Crippen LogP contribution in [-0.2, 0) is 0 Å². The molecule has 15 heavy (non-hydrogen) atoms. The van der Waals surface area contributed by atoms with Crippen LogP contribution in [0, 0.1) is 0 Å². The number of aldehydes is 1. The van der Waals surface area contributed by atoms with Crippen molar-refractivity contribution in [1.29, 1.82) is 0 Å². The highest BCUT2D eigenvalue weighted by molar-refractivity contribution is 5.74. The Hall–Kier alpha value is -1.42. The lowest BCUT2D eigenvalue weighted by atomic mass is 10.3. The molecule has 0 fully saturated rings. The zero-order chi connectivity index (χ0) is 11.3. The van der Waals surface area contributed by atoms with Crippen molar-refractivity contribution >= 4 is 12.1 Å². The minimum atomic E-state index is 0.611. The van der Waals surface area contributed by atoms with Gasteiger partial charge >= 0.3 is 0 Å². The van der Waals surface area contributed by atoms with Gasteiger partial charge in [0.25, 0.3) is 0 Å². The average molecular weight is 207 g/mol. The first-order chi connectivity index (χ1) is 7.13. The molecule has 0 bridgehead atoms. The van der Waals surface area contributed by atoms with E-state index in [1.165, 1.54) is 0 Å². The van der Waals surface area contributed by atoms with Crippen LogP contribution in [0.2, 0.25) is 0 Å². The predicted octanol–water partition coefficient (Wildman–Crippen LogP) is 0.892. The molecule has 0 atom stereocenters. The van der Waals surface area contributed by atoms with E-state index in [2.05, 4.69) is 14.8 Å². The summed E-state index contributed by atoms with van der Waals surface area (Å²) in [6.45, 7) is 1.90. The van der Waals surface area contributed by atoms with E-state index in [1.54, 1.807) is 12.3 Å². The maximum Gasteiger partial charge on any atom is 0.151 e. The molecule has 0 saturated carbocycles. The number of hydrogen-bond acceptors (Lipinski definition) is 4. The Morgan fingerprint density at radius 2 is 2.00 bits per heavy atom. The summed E-state index contributed by atoms with van der Waals surface area (Å²) in [5.41, 5.74) is 0.611. The minimum Gasteiger partial charge on any atom is -0.358 e. The molecule has 1 heterocycles. The third kappa shape index (κ3) is 3.67. The molecule has 0 spiro atoms. The van der Waals surface area contributed by atoms with Crippen LogP contribution in [0.15, 0.2) is 18.3 Å². The Labute approximate surface area is 90.5 Å². The van der Waals surface area contributed by atoms with Crippen molar-refractivity contribution in [3.63, 3.8) is 0 Å². The molecular formula is C11H17N3O. The Balaban J connectivity index is 2.57. The van der Waals surface area contributed by atoms with Gasteiger partial charge in [0.15, 0.2) is 6.29 Å². The van der Waals surface area contributed by atoms with Gasteiger partial charge in [0.2, 0.25) is 0 Å². The Bertz CT molecular complexity index is 308. The Morgan fingerprint density at radius 1 is 1.27 bits per heavy atom. The van der Waals surface area contributed by atoms with Gasteiger partial charge in [-0.05, 0) is 26.2 Å². The van der Waals surface area contributed by atoms with Crippen LogP contribution in [0.3, 0.4) is 0 Å². The number of pyridine rings is 1. The van der Waals surface area contributed by atoms with E-state index in [9.17, 15) is 4.79 Å². The predicted molar refractivity (Wildman–Crippen MR) is 61.4 cm³/mol. The number of hydrogen-bond donors (Lipinski definition) is 0. The first kappa shape index (κ1) is 11.7. The van der Waals surface area contributed by atoms with Crippen LogP contribution < -0.4 is 4.90 Å². The fraction of sp³-hybridized carbons (Fsp3) is 0.455. The van der Waals surface area contributed by atoms with E-state index in [1.807, 2.05) is 27.2 Å². The highest BCUT2D eigenvalue weighted by atomic mass is 16.1. The van der Waals surface area contributed by atoms with Crippen molar-refractivity contribution in [3.05, 3.63) is 23.9 Å². The van der Waals surface area contributed by atoms with Crippen LogP contribution in [0.1, 0.15) is 10.4 Å². The lowest BCUT2D eigenvalue weighted by Gasteiger charge is -2.20. The molecular weight excluding hydrogens is 190 g/mol. The first-order valence-electron chi connectivity index (χ1n) is 4.90. The molecule has 0 amide bonds. The zero-order valence-electron chi connectivity index (χ0n) is 9.47. The Morgan fingerprint density at radius 3 is 2.47 bits per heavy atom. The van der Waals surface area contributed by atoms with Crippen LogP contribution in [0.25, 0.3) is 0 Å². The molecule has 1 rings (SSSR count). The van der Waals surface area contributed by atoms with Crippen molar-refractivity contribution < 1.29 is 4.79 Å². The van der Waals surface area contributed by atoms with Gasteiger partial charge in [-0.2, -0.15) is 0 Å². The summed E-state index contributed by atoms with van der Waals surface area (Å²) in [6.07, 6.45) is 2.39. The molecule has 4 nitrogen and oxygen atoms in total. The number of carbonyl (C=O) groups is 1. The summed E-state index contributed by atoms with van der Waals surface area (Å²) in [7, 11) is 6.07. The minimum absolute atomic E-state index is 0.611. The molecule has 0 N–H and O–H groups in total. The molecule has 1 aromatic heterocycles. The van der Waals surface area contributed by atoms with E-state index in [-0.39, 0.29) is 0 Å². The summed E-state index contributed by atoms with van der Waals surface area (Å²) in [5.74, 6) is 0.891. The second-order valence-corrected chi connectivity index (χ2v) is 3.79. The van der Waals surface area contributed by atoms with E-state index >= 15 is 0 Å². The SMILES string of the molecule is CN(C)CCN(C)c1ccc(C=O)cn1. The molecule has 1 aromatic rings. The third-order valence-corrected chi connectivity index (χ3v) is 2.18. The smallest absolute Gasteiger partial charge is 0.151 e. The van der Waals surface area contributed by atoms with E-state index in [0.29, 0.717) is 5.56 Å². The lowest BCUT2D eigenvalue weighted by Crippen LogP contribution is -2.28. The molecule has 0 aliphatic heterocycles. The van der Waals surface area contributed by atoms with Crippen molar-refractivity contribution in [2.45, 2.75) is 0 Å². The van der Waals surface area contributed by atoms with Crippen LogP contribution in [0.5, 0.6) is 0 Å². The largest absolute Gasteiger partial charge is 0.358 e. The normalized spacial score (nSPS) is 10.4. The summed E-state index contributed by atoms with van der Waals surface area (Å²) in [5, 5.41) is 0. The fourth-order valence-corrected chi connectivity index (χ4v) is 1.16. The monoisotopic (exact) mass is 207 g/mol. The van der Waals surface area contributed by atoms with Gasteiger partial charge < -0.3 is 9.80 Å². The van der Waals surface area contributed by atoms with Crippen molar-refractivity contribution in [2.24, 2.45) is 0 Å². The number of nitrogens with zero attached hydrogens (tertiary/aromatic N) is 3. The van der Waals surface area contributed by atoms with Gasteiger partial charge in [-0.1, -0.05) is 0 Å². The topological polar surface area (TPSA) is 36.4 Å². The van der Waals surface area contributed by atoms with Crippen molar-refractivity contribution in [1.82, 2.24) is 9.88 Å². The number of carbonyl (C=O) groups excluding carboxylic acids is 1. The quantitative estimate of drug-likeness (QED) is 0.672. The van der Waals surface area contributed by atoms with Gasteiger partial charge in [-0.25, -0.2) is 4.98 Å². The second kappa shape index (κ2) is 5.46. The van der Waals surface area contributed by atoms with Crippen LogP contribution in [0.4, 0.5) is 5.82 Å². The van der Waals surface area contributed by atoms with Crippen LogP contribution >= 0.6 is 0 Å². The summed E-state index contributed by atoms with van der Waals surface area (Å²) >= 11 is 0. The van der Waals surface area contributed by atoms with Gasteiger partial charge in [-0.15, -0.1) is 0 Å². The highest BCUT2D eigenvalue weighted by Gasteiger charge is 2.02. The molecule has 0 unspecified atom stereocenters. The molecule has 0 saturated heterocycles. The molecule has 4 heteroatoms. The molecule has 82 valence electrons. The number of rotatable bonds is 5. The van der Waals surface area contributed by atoms with E-state index in [4.69, 9.17) is 0 Å². The average Bonchev–Trinajstić information content (AvgIpc) is 2.26. The summed E-state index contributed by atoms with van der Waals surface area (Å²) in [6, 6.07) is 3.64. The maximum atomic E-state index is 10.4. The Kier molecular flexibility index (Phi) is 4.24. The summed E-state index contributed by atoms with van der Waals surface area (Å²) in [4.78, 5) is 18.8. The molecule has 0 aliphatic rings. The standard InChI is InChI=1S/C11H17N3O/c1-13(2)6-7-14(3)11-5-4-10(9-15)8-12-11/h4-5,8-9H,6-7H2,1-3H3. The number of likely N-dealkylation sites (N-methyl/N-ethyl adjacent to an activating group) is 2. The van der Waals surface area contributed by atoms with Crippen LogP contribution in [-0.4, -0.2) is 50.4 Å². The zero-order valence-corrected chi connectivity index (χ0v) is 9.47. The second-order valence-electron chi connectivity index (χ2n) is 3.79. The fourth-order valence-electron chi connectivity index (χ4n) is 1.16. The van der Waals surface area contributed by atoms with Crippen molar-refractivity contribution in [3.8, 4) is 0 Å². The third-order valence-electron chi connectivity index (χ3n) is 2.18. The highest BCUT2D eigenvalue weighted by Crippen LogP contribution is 2.07. The van der Waals surface area contributed by atoms with E-state index in [0.717, 1.165) is 25.2 Å². The maximum absolute atomic E-state index is 10.4. The summed E-state index contributed by atoms with van der Waals surface area (Å²) < 4.78 is 0. The number of anilines is 1. The first-order valence-corrected chi connectivity index (χ1v) is 4.90. The molecule has 0 radical (unpaired) electrons. The molecule has 0 aromatic carbocycles. The van der Waals surface area contributed by atoms with Gasteiger partial charge in [0, 0.05) is 31.9 Å². The molecule has 0 aliphatic carbocycles. The van der Waals surface area contributed by atoms with Gasteiger partial charge in [-0.3, -0.25) is 4.79 Å². The van der Waals surface area contributed by atoms with Crippen molar-refractivity contribution in [2.75, 3.05) is 39.1 Å². The van der Waals surface area contributed by atoms with E-state index < -0.39 is 0 Å².